The number of alkyl carbamates (subject to hydrolysis) is 1. The van der Waals surface area contributed by atoms with E-state index in [0.717, 1.165) is 48.8 Å². The summed E-state index contributed by atoms with van der Waals surface area (Å²) in [6.07, 6.45) is 4.52. The van der Waals surface area contributed by atoms with Gasteiger partial charge in [-0.15, -0.1) is 0 Å². The number of ether oxygens (including phenoxy) is 2. The molecule has 1 aromatic heterocycles. The minimum absolute atomic E-state index is 0.0574. The van der Waals surface area contributed by atoms with Crippen molar-refractivity contribution in [3.8, 4) is 5.75 Å². The third kappa shape index (κ3) is 6.08. The first-order valence-electron chi connectivity index (χ1n) is 13.7. The van der Waals surface area contributed by atoms with Crippen LogP contribution in [0.1, 0.15) is 70.3 Å². The highest BCUT2D eigenvalue weighted by Gasteiger charge is 2.38. The highest BCUT2D eigenvalue weighted by molar-refractivity contribution is 5.99. The Kier molecular flexibility index (Phi) is 8.23. The maximum Gasteiger partial charge on any atom is 0.408 e. The molecule has 1 N–H and O–H groups in total. The zero-order valence-corrected chi connectivity index (χ0v) is 23.6. The summed E-state index contributed by atoms with van der Waals surface area (Å²) >= 11 is 0. The Bertz CT molecular complexity index is 1180. The van der Waals surface area contributed by atoms with Crippen molar-refractivity contribution in [2.75, 3.05) is 26.7 Å². The first kappa shape index (κ1) is 27.8. The summed E-state index contributed by atoms with van der Waals surface area (Å²) in [5.74, 6) is 0.689. The fourth-order valence-corrected chi connectivity index (χ4v) is 5.73. The van der Waals surface area contributed by atoms with Gasteiger partial charge in [-0.3, -0.25) is 9.59 Å². The number of fused-ring (bicyclic) bond motifs is 1. The Morgan fingerprint density at radius 3 is 2.39 bits per heavy atom. The highest BCUT2D eigenvalue weighted by atomic mass is 16.6. The van der Waals surface area contributed by atoms with Gasteiger partial charge in [-0.05, 0) is 64.7 Å². The van der Waals surface area contributed by atoms with E-state index in [1.54, 1.807) is 12.0 Å². The molecule has 1 aliphatic carbocycles. The van der Waals surface area contributed by atoms with Gasteiger partial charge >= 0.3 is 6.09 Å². The predicted molar refractivity (Wildman–Crippen MR) is 146 cm³/mol. The third-order valence-electron chi connectivity index (χ3n) is 7.73. The number of methoxy groups -OCH3 is 1. The molecule has 2 fully saturated rings. The molecular weight excluding hydrogens is 484 g/mol. The van der Waals surface area contributed by atoms with E-state index in [1.165, 1.54) is 0 Å². The molecule has 9 nitrogen and oxygen atoms in total. The van der Waals surface area contributed by atoms with Crippen LogP contribution in [0.4, 0.5) is 4.79 Å². The Hall–Kier alpha value is -3.23. The molecule has 208 valence electrons. The smallest absolute Gasteiger partial charge is 0.408 e. The average Bonchev–Trinajstić information content (AvgIpc) is 3.21. The van der Waals surface area contributed by atoms with Gasteiger partial charge in [-0.2, -0.15) is 0 Å². The molecular formula is C29H42N4O5. The van der Waals surface area contributed by atoms with Gasteiger partial charge in [0.05, 0.1) is 12.6 Å². The molecule has 0 radical (unpaired) electrons. The predicted octanol–water partition coefficient (Wildman–Crippen LogP) is 4.33. The summed E-state index contributed by atoms with van der Waals surface area (Å²) in [6, 6.07) is 6.89. The summed E-state index contributed by atoms with van der Waals surface area (Å²) in [6.45, 7) is 8.68. The van der Waals surface area contributed by atoms with Gasteiger partial charge in [0.25, 0.3) is 5.91 Å². The van der Waals surface area contributed by atoms with E-state index in [9.17, 15) is 14.4 Å². The lowest BCUT2D eigenvalue weighted by Gasteiger charge is -2.42. The molecule has 9 heteroatoms. The number of carbonyl (C=O) groups is 3. The quantitative estimate of drug-likeness (QED) is 0.626. The second-order valence-corrected chi connectivity index (χ2v) is 11.7. The van der Waals surface area contributed by atoms with Gasteiger partial charge in [0.1, 0.15) is 23.1 Å². The van der Waals surface area contributed by atoms with E-state index < -0.39 is 17.7 Å². The maximum atomic E-state index is 13.8. The highest BCUT2D eigenvalue weighted by Crippen LogP contribution is 2.29. The van der Waals surface area contributed by atoms with Crippen LogP contribution in [0.2, 0.25) is 0 Å². The molecule has 0 spiro atoms. The number of hydrogen-bond acceptors (Lipinski definition) is 5. The third-order valence-corrected chi connectivity index (χ3v) is 7.73. The molecule has 1 saturated heterocycles. The van der Waals surface area contributed by atoms with Crippen LogP contribution in [0.5, 0.6) is 5.75 Å². The lowest BCUT2D eigenvalue weighted by molar-refractivity contribution is -0.137. The van der Waals surface area contributed by atoms with Crippen LogP contribution in [0, 0.1) is 5.92 Å². The number of rotatable bonds is 5. The molecule has 2 aromatic rings. The molecule has 2 atom stereocenters. The lowest BCUT2D eigenvalue weighted by atomic mass is 9.83. The van der Waals surface area contributed by atoms with Crippen LogP contribution >= 0.6 is 0 Å². The van der Waals surface area contributed by atoms with Crippen molar-refractivity contribution in [3.05, 3.63) is 30.0 Å². The van der Waals surface area contributed by atoms with Gasteiger partial charge in [0.15, 0.2) is 0 Å². The van der Waals surface area contributed by atoms with E-state index >= 15 is 0 Å². The zero-order valence-electron chi connectivity index (χ0n) is 23.6. The van der Waals surface area contributed by atoms with Crippen LogP contribution in [0.25, 0.3) is 10.9 Å². The van der Waals surface area contributed by atoms with Crippen LogP contribution in [-0.2, 0) is 16.6 Å². The first-order chi connectivity index (χ1) is 18.0. The Labute approximate surface area is 225 Å². The number of aryl methyl sites for hydroxylation is 1. The molecule has 1 aliphatic heterocycles. The van der Waals surface area contributed by atoms with Crippen LogP contribution in [0.3, 0.4) is 0 Å². The van der Waals surface area contributed by atoms with Gasteiger partial charge in [0, 0.05) is 44.2 Å². The van der Waals surface area contributed by atoms with Crippen LogP contribution < -0.4 is 10.1 Å². The molecule has 4 rings (SSSR count). The molecule has 2 aliphatic rings. The fourth-order valence-electron chi connectivity index (χ4n) is 5.73. The summed E-state index contributed by atoms with van der Waals surface area (Å²) in [5, 5.41) is 3.87. The van der Waals surface area contributed by atoms with Gasteiger partial charge in [-0.1, -0.05) is 19.3 Å². The molecule has 38 heavy (non-hydrogen) atoms. The Balaban J connectivity index is 1.47. The minimum atomic E-state index is -0.641. The fraction of sp³-hybridized carbons (Fsp3) is 0.621. The summed E-state index contributed by atoms with van der Waals surface area (Å²) in [7, 11) is 3.51. The largest absolute Gasteiger partial charge is 0.497 e. The normalized spacial score (nSPS) is 19.8. The standard InChI is InChI=1S/C29H42N4O5/c1-19-18-32(27(35)25(20-10-8-7-9-11-20)30-28(36)38-29(2,3)4)14-15-33(19)26(34)24-16-21-12-13-22(37-6)17-23(21)31(24)5/h12-13,16-17,19-20,25H,7-11,14-15,18H2,1-6H3,(H,30,36)/t19?,25-/m0/s1. The molecule has 2 heterocycles. The van der Waals surface area contributed by atoms with Gasteiger partial charge in [-0.25, -0.2) is 4.79 Å². The number of benzene rings is 1. The van der Waals surface area contributed by atoms with Crippen molar-refractivity contribution in [2.24, 2.45) is 13.0 Å². The van der Waals surface area contributed by atoms with E-state index in [0.29, 0.717) is 25.3 Å². The molecule has 1 saturated carbocycles. The van der Waals surface area contributed by atoms with E-state index in [1.807, 2.05) is 68.5 Å². The number of hydrogen-bond donors (Lipinski definition) is 1. The van der Waals surface area contributed by atoms with E-state index in [2.05, 4.69) is 5.32 Å². The molecule has 3 amide bonds. The van der Waals surface area contributed by atoms with E-state index in [4.69, 9.17) is 9.47 Å². The first-order valence-corrected chi connectivity index (χ1v) is 13.7. The molecule has 0 bridgehead atoms. The average molecular weight is 527 g/mol. The topological polar surface area (TPSA) is 93.1 Å². The van der Waals surface area contributed by atoms with Crippen molar-refractivity contribution in [1.29, 1.82) is 0 Å². The lowest BCUT2D eigenvalue weighted by Crippen LogP contribution is -2.60. The second kappa shape index (κ2) is 11.3. The summed E-state index contributed by atoms with van der Waals surface area (Å²) in [4.78, 5) is 43.6. The maximum absolute atomic E-state index is 13.8. The number of nitrogens with zero attached hydrogens (tertiary/aromatic N) is 3. The monoisotopic (exact) mass is 526 g/mol. The summed E-state index contributed by atoms with van der Waals surface area (Å²) in [5.41, 5.74) is 0.890. The van der Waals surface area contributed by atoms with Gasteiger partial charge < -0.3 is 29.2 Å². The van der Waals surface area contributed by atoms with Crippen molar-refractivity contribution in [3.63, 3.8) is 0 Å². The van der Waals surface area contributed by atoms with E-state index in [-0.39, 0.29) is 23.8 Å². The molecule has 1 unspecified atom stereocenters. The van der Waals surface area contributed by atoms with Gasteiger partial charge in [0.2, 0.25) is 5.91 Å². The van der Waals surface area contributed by atoms with Crippen LogP contribution in [-0.4, -0.2) is 76.7 Å². The number of carbonyl (C=O) groups excluding carboxylic acids is 3. The van der Waals surface area contributed by atoms with Crippen molar-refractivity contribution < 1.29 is 23.9 Å². The SMILES string of the molecule is COc1ccc2cc(C(=O)N3CCN(C(=O)[C@@H](NC(=O)OC(C)(C)C)C4CCCCC4)CC3C)n(C)c2c1. The second-order valence-electron chi connectivity index (χ2n) is 11.7. The van der Waals surface area contributed by atoms with Crippen molar-refractivity contribution in [2.45, 2.75) is 77.5 Å². The Morgan fingerprint density at radius 2 is 1.76 bits per heavy atom. The molecule has 1 aromatic carbocycles. The number of amides is 3. The minimum Gasteiger partial charge on any atom is -0.497 e. The zero-order chi connectivity index (χ0) is 27.6. The van der Waals surface area contributed by atoms with Crippen molar-refractivity contribution >= 4 is 28.8 Å². The van der Waals surface area contributed by atoms with Crippen molar-refractivity contribution in [1.82, 2.24) is 19.7 Å². The number of aromatic nitrogens is 1. The Morgan fingerprint density at radius 1 is 1.05 bits per heavy atom. The van der Waals surface area contributed by atoms with Crippen LogP contribution in [0.15, 0.2) is 24.3 Å². The number of nitrogens with one attached hydrogen (secondary N) is 1. The summed E-state index contributed by atoms with van der Waals surface area (Å²) < 4.78 is 12.7. The number of piperazine rings is 1.